The van der Waals surface area contributed by atoms with Gasteiger partial charge in [-0.1, -0.05) is 0 Å². The standard InChI is InChI=1S/C13H16BrNO4/c1-4-15-12(16)8(2)19-13(17)10-7-9(18-3)5-6-11(10)14/h5-8H,4H2,1-3H3,(H,15,16)/t8-/m1/s1. The molecule has 1 aromatic rings. The maximum absolute atomic E-state index is 12.0. The monoisotopic (exact) mass is 329 g/mol. The number of hydrogen-bond donors (Lipinski definition) is 1. The number of rotatable bonds is 5. The summed E-state index contributed by atoms with van der Waals surface area (Å²) in [6.45, 7) is 3.81. The summed E-state index contributed by atoms with van der Waals surface area (Å²) in [5.74, 6) is -0.361. The van der Waals surface area contributed by atoms with E-state index in [0.29, 0.717) is 22.3 Å². The molecule has 0 fully saturated rings. The first-order valence-corrected chi connectivity index (χ1v) is 6.61. The zero-order valence-corrected chi connectivity index (χ0v) is 12.6. The molecule has 0 spiro atoms. The Balaban J connectivity index is 2.80. The van der Waals surface area contributed by atoms with Crippen molar-refractivity contribution in [1.29, 1.82) is 0 Å². The Morgan fingerprint density at radius 1 is 1.42 bits per heavy atom. The van der Waals surface area contributed by atoms with Crippen LogP contribution in [0.25, 0.3) is 0 Å². The van der Waals surface area contributed by atoms with Gasteiger partial charge in [-0.25, -0.2) is 4.79 Å². The van der Waals surface area contributed by atoms with E-state index in [4.69, 9.17) is 9.47 Å². The lowest BCUT2D eigenvalue weighted by atomic mass is 10.2. The number of ether oxygens (including phenoxy) is 2. The first-order chi connectivity index (χ1) is 8.99. The van der Waals surface area contributed by atoms with Crippen LogP contribution in [0.15, 0.2) is 22.7 Å². The van der Waals surface area contributed by atoms with E-state index in [9.17, 15) is 9.59 Å². The SMILES string of the molecule is CCNC(=O)[C@@H](C)OC(=O)c1cc(OC)ccc1Br. The van der Waals surface area contributed by atoms with Crippen LogP contribution in [-0.4, -0.2) is 31.6 Å². The fraction of sp³-hybridized carbons (Fsp3) is 0.385. The fourth-order valence-corrected chi connectivity index (χ4v) is 1.79. The number of likely N-dealkylation sites (N-methyl/N-ethyl adjacent to an activating group) is 1. The van der Waals surface area contributed by atoms with Crippen LogP contribution < -0.4 is 10.1 Å². The van der Waals surface area contributed by atoms with Crippen LogP contribution in [0.5, 0.6) is 5.75 Å². The largest absolute Gasteiger partial charge is 0.497 e. The van der Waals surface area contributed by atoms with E-state index in [0.717, 1.165) is 0 Å². The zero-order valence-electron chi connectivity index (χ0n) is 11.0. The predicted molar refractivity (Wildman–Crippen MR) is 74.3 cm³/mol. The molecule has 1 rings (SSSR count). The van der Waals surface area contributed by atoms with Gasteiger partial charge in [0.1, 0.15) is 5.75 Å². The molecule has 0 radical (unpaired) electrons. The molecular weight excluding hydrogens is 314 g/mol. The molecule has 0 aromatic heterocycles. The van der Waals surface area contributed by atoms with Gasteiger partial charge < -0.3 is 14.8 Å². The van der Waals surface area contributed by atoms with E-state index in [-0.39, 0.29) is 5.91 Å². The van der Waals surface area contributed by atoms with Crippen LogP contribution >= 0.6 is 15.9 Å². The highest BCUT2D eigenvalue weighted by Gasteiger charge is 2.20. The number of hydrogen-bond acceptors (Lipinski definition) is 4. The molecule has 5 nitrogen and oxygen atoms in total. The van der Waals surface area contributed by atoms with Gasteiger partial charge in [0.15, 0.2) is 6.10 Å². The van der Waals surface area contributed by atoms with Gasteiger partial charge in [-0.2, -0.15) is 0 Å². The first kappa shape index (κ1) is 15.5. The van der Waals surface area contributed by atoms with Crippen molar-refractivity contribution < 1.29 is 19.1 Å². The van der Waals surface area contributed by atoms with Gasteiger partial charge in [-0.05, 0) is 48.0 Å². The third-order valence-corrected chi connectivity index (χ3v) is 3.09. The van der Waals surface area contributed by atoms with Gasteiger partial charge in [0, 0.05) is 11.0 Å². The lowest BCUT2D eigenvalue weighted by molar-refractivity contribution is -0.128. The molecule has 0 aliphatic rings. The minimum Gasteiger partial charge on any atom is -0.497 e. The second-order valence-electron chi connectivity index (χ2n) is 3.79. The summed E-state index contributed by atoms with van der Waals surface area (Å²) in [4.78, 5) is 23.5. The van der Waals surface area contributed by atoms with Gasteiger partial charge in [-0.15, -0.1) is 0 Å². The number of nitrogens with one attached hydrogen (secondary N) is 1. The van der Waals surface area contributed by atoms with Gasteiger partial charge in [0.05, 0.1) is 12.7 Å². The number of carbonyl (C=O) groups excluding carboxylic acids is 2. The minimum atomic E-state index is -0.842. The van der Waals surface area contributed by atoms with Crippen molar-refractivity contribution in [3.63, 3.8) is 0 Å². The molecule has 0 saturated carbocycles. The molecule has 0 bridgehead atoms. The molecule has 0 aliphatic carbocycles. The Bertz CT molecular complexity index is 476. The summed E-state index contributed by atoms with van der Waals surface area (Å²) >= 11 is 3.26. The molecular formula is C13H16BrNO4. The smallest absolute Gasteiger partial charge is 0.340 e. The topological polar surface area (TPSA) is 64.6 Å². The van der Waals surface area contributed by atoms with E-state index < -0.39 is 12.1 Å². The molecule has 0 aliphatic heterocycles. The van der Waals surface area contributed by atoms with Gasteiger partial charge in [-0.3, -0.25) is 4.79 Å². The molecule has 0 heterocycles. The van der Waals surface area contributed by atoms with Gasteiger partial charge >= 0.3 is 5.97 Å². The van der Waals surface area contributed by atoms with Crippen molar-refractivity contribution in [2.75, 3.05) is 13.7 Å². The fourth-order valence-electron chi connectivity index (χ4n) is 1.38. The Kier molecular flexibility index (Phi) is 5.82. The first-order valence-electron chi connectivity index (χ1n) is 5.81. The van der Waals surface area contributed by atoms with Crippen LogP contribution in [-0.2, 0) is 9.53 Å². The Morgan fingerprint density at radius 3 is 2.68 bits per heavy atom. The molecule has 19 heavy (non-hydrogen) atoms. The quantitative estimate of drug-likeness (QED) is 0.840. The van der Waals surface area contributed by atoms with Crippen LogP contribution in [0, 0.1) is 0 Å². The zero-order chi connectivity index (χ0) is 14.4. The van der Waals surface area contributed by atoms with E-state index in [1.165, 1.54) is 14.0 Å². The maximum atomic E-state index is 12.0. The highest BCUT2D eigenvalue weighted by Crippen LogP contribution is 2.23. The summed E-state index contributed by atoms with van der Waals surface area (Å²) in [7, 11) is 1.51. The summed E-state index contributed by atoms with van der Waals surface area (Å²) in [5.41, 5.74) is 0.315. The molecule has 1 aromatic carbocycles. The van der Waals surface area contributed by atoms with Crippen molar-refractivity contribution in [3.8, 4) is 5.75 Å². The third kappa shape index (κ3) is 4.24. The molecule has 104 valence electrons. The number of methoxy groups -OCH3 is 1. The van der Waals surface area contributed by atoms with Gasteiger partial charge in [0.25, 0.3) is 5.91 Å². The Morgan fingerprint density at radius 2 is 2.11 bits per heavy atom. The number of esters is 1. The molecule has 1 amide bonds. The minimum absolute atomic E-state index is 0.315. The number of amides is 1. The van der Waals surface area contributed by atoms with Crippen molar-refractivity contribution in [2.45, 2.75) is 20.0 Å². The molecule has 6 heteroatoms. The van der Waals surface area contributed by atoms with Crippen molar-refractivity contribution in [1.82, 2.24) is 5.32 Å². The summed E-state index contributed by atoms with van der Waals surface area (Å²) < 4.78 is 10.7. The van der Waals surface area contributed by atoms with E-state index in [1.54, 1.807) is 25.1 Å². The highest BCUT2D eigenvalue weighted by atomic mass is 79.9. The normalized spacial score (nSPS) is 11.6. The number of halogens is 1. The summed E-state index contributed by atoms with van der Waals surface area (Å²) in [6.07, 6.45) is -0.842. The lowest BCUT2D eigenvalue weighted by Gasteiger charge is -2.13. The van der Waals surface area contributed by atoms with Crippen LogP contribution in [0.1, 0.15) is 24.2 Å². The van der Waals surface area contributed by atoms with Crippen LogP contribution in [0.3, 0.4) is 0 Å². The number of benzene rings is 1. The Hall–Kier alpha value is -1.56. The van der Waals surface area contributed by atoms with Crippen molar-refractivity contribution in [3.05, 3.63) is 28.2 Å². The van der Waals surface area contributed by atoms with Gasteiger partial charge in [0.2, 0.25) is 0 Å². The lowest BCUT2D eigenvalue weighted by Crippen LogP contribution is -2.35. The van der Waals surface area contributed by atoms with Crippen molar-refractivity contribution >= 4 is 27.8 Å². The molecule has 1 N–H and O–H groups in total. The van der Waals surface area contributed by atoms with Crippen molar-refractivity contribution in [2.24, 2.45) is 0 Å². The highest BCUT2D eigenvalue weighted by molar-refractivity contribution is 9.10. The predicted octanol–water partition coefficient (Wildman–Crippen LogP) is 2.14. The second kappa shape index (κ2) is 7.13. The number of carbonyl (C=O) groups is 2. The maximum Gasteiger partial charge on any atom is 0.340 e. The summed E-state index contributed by atoms with van der Waals surface area (Å²) in [5, 5.41) is 2.59. The third-order valence-electron chi connectivity index (χ3n) is 2.40. The molecule has 1 atom stereocenters. The summed E-state index contributed by atoms with van der Waals surface area (Å²) in [6, 6.07) is 4.96. The average Bonchev–Trinajstić information content (AvgIpc) is 2.39. The molecule has 0 unspecified atom stereocenters. The Labute approximate surface area is 120 Å². The van der Waals surface area contributed by atoms with Crippen LogP contribution in [0.4, 0.5) is 0 Å². The van der Waals surface area contributed by atoms with Crippen LogP contribution in [0.2, 0.25) is 0 Å². The van der Waals surface area contributed by atoms with E-state index in [2.05, 4.69) is 21.2 Å². The van der Waals surface area contributed by atoms with E-state index >= 15 is 0 Å². The average molecular weight is 330 g/mol. The second-order valence-corrected chi connectivity index (χ2v) is 4.64. The van der Waals surface area contributed by atoms with E-state index in [1.807, 2.05) is 0 Å². The molecule has 0 saturated heterocycles.